The van der Waals surface area contributed by atoms with E-state index in [-0.39, 0.29) is 11.9 Å². The molecule has 86 valence electrons. The molecule has 1 unspecified atom stereocenters. The molecule has 3 heteroatoms. The zero-order valence-electron chi connectivity index (χ0n) is 9.52. The summed E-state index contributed by atoms with van der Waals surface area (Å²) in [5.41, 5.74) is 2.07. The summed E-state index contributed by atoms with van der Waals surface area (Å²) in [5, 5.41) is 4.13. The normalized spacial score (nSPS) is 19.5. The number of fused-ring (bicyclic) bond motifs is 1. The molecule has 0 aliphatic carbocycles. The molecule has 1 aromatic carbocycles. The van der Waals surface area contributed by atoms with Crippen LogP contribution in [-0.2, 0) is 11.2 Å². The van der Waals surface area contributed by atoms with Crippen molar-refractivity contribution in [2.24, 2.45) is 0 Å². The van der Waals surface area contributed by atoms with Gasteiger partial charge in [0.25, 0.3) is 0 Å². The van der Waals surface area contributed by atoms with Gasteiger partial charge < -0.3 is 5.32 Å². The first-order valence-electron chi connectivity index (χ1n) is 5.95. The highest BCUT2D eigenvalue weighted by atomic mass is 16.1. The minimum absolute atomic E-state index is 0.163. The van der Waals surface area contributed by atoms with E-state index in [0.717, 1.165) is 29.4 Å². The Bertz CT molecular complexity index is 565. The molecular weight excluding hydrogens is 212 g/mol. The lowest BCUT2D eigenvalue weighted by Crippen LogP contribution is -2.27. The van der Waals surface area contributed by atoms with Gasteiger partial charge in [0.2, 0.25) is 5.91 Å². The van der Waals surface area contributed by atoms with Crippen LogP contribution in [0.1, 0.15) is 18.5 Å². The number of amides is 1. The van der Waals surface area contributed by atoms with Crippen molar-refractivity contribution < 1.29 is 4.79 Å². The lowest BCUT2D eigenvalue weighted by Gasteiger charge is -2.09. The third-order valence-electron chi connectivity index (χ3n) is 3.20. The monoisotopic (exact) mass is 226 g/mol. The van der Waals surface area contributed by atoms with Crippen LogP contribution in [0.4, 0.5) is 0 Å². The van der Waals surface area contributed by atoms with Crippen LogP contribution in [0.25, 0.3) is 10.9 Å². The smallest absolute Gasteiger partial charge is 0.220 e. The lowest BCUT2D eigenvalue weighted by molar-refractivity contribution is -0.119. The van der Waals surface area contributed by atoms with Gasteiger partial charge in [0.15, 0.2) is 0 Å². The molecule has 0 bridgehead atoms. The zero-order chi connectivity index (χ0) is 11.7. The highest BCUT2D eigenvalue weighted by Crippen LogP contribution is 2.15. The first-order valence-corrected chi connectivity index (χ1v) is 5.95. The van der Waals surface area contributed by atoms with Crippen molar-refractivity contribution in [2.45, 2.75) is 25.3 Å². The molecule has 1 aliphatic heterocycles. The molecule has 1 atom stereocenters. The van der Waals surface area contributed by atoms with E-state index in [9.17, 15) is 4.79 Å². The number of benzene rings is 1. The van der Waals surface area contributed by atoms with E-state index >= 15 is 0 Å². The highest BCUT2D eigenvalue weighted by molar-refractivity contribution is 5.79. The minimum atomic E-state index is 0.163. The second-order valence-corrected chi connectivity index (χ2v) is 4.50. The van der Waals surface area contributed by atoms with Crippen LogP contribution in [0.5, 0.6) is 0 Å². The molecule has 0 radical (unpaired) electrons. The van der Waals surface area contributed by atoms with E-state index in [4.69, 9.17) is 0 Å². The van der Waals surface area contributed by atoms with E-state index in [2.05, 4.69) is 22.4 Å². The topological polar surface area (TPSA) is 42.0 Å². The Hall–Kier alpha value is -1.90. The van der Waals surface area contributed by atoms with E-state index < -0.39 is 0 Å². The molecule has 1 N–H and O–H groups in total. The van der Waals surface area contributed by atoms with Gasteiger partial charge in [-0.3, -0.25) is 9.78 Å². The fraction of sp³-hybridized carbons (Fsp3) is 0.286. The molecule has 3 rings (SSSR count). The minimum Gasteiger partial charge on any atom is -0.353 e. The second kappa shape index (κ2) is 4.17. The third-order valence-corrected chi connectivity index (χ3v) is 3.20. The molecule has 0 spiro atoms. The van der Waals surface area contributed by atoms with Gasteiger partial charge in [-0.1, -0.05) is 24.3 Å². The van der Waals surface area contributed by atoms with Gasteiger partial charge >= 0.3 is 0 Å². The van der Waals surface area contributed by atoms with Gasteiger partial charge in [-0.2, -0.15) is 0 Å². The van der Waals surface area contributed by atoms with Crippen LogP contribution in [0.15, 0.2) is 36.4 Å². The largest absolute Gasteiger partial charge is 0.353 e. The summed E-state index contributed by atoms with van der Waals surface area (Å²) in [6.07, 6.45) is 2.40. The third kappa shape index (κ3) is 2.13. The van der Waals surface area contributed by atoms with Crippen LogP contribution < -0.4 is 5.32 Å². The molecule has 3 nitrogen and oxygen atoms in total. The van der Waals surface area contributed by atoms with Crippen molar-refractivity contribution in [3.63, 3.8) is 0 Å². The number of carbonyl (C=O) groups is 1. The molecule has 17 heavy (non-hydrogen) atoms. The summed E-state index contributed by atoms with van der Waals surface area (Å²) in [4.78, 5) is 15.7. The van der Waals surface area contributed by atoms with Gasteiger partial charge in [-0.25, -0.2) is 0 Å². The number of pyridine rings is 1. The standard InChI is InChI=1S/C14H14N2O/c17-14-8-7-12(16-14)9-11-6-5-10-3-1-2-4-13(10)15-11/h1-6,12H,7-9H2,(H,16,17). The highest BCUT2D eigenvalue weighted by Gasteiger charge is 2.21. The molecule has 1 saturated heterocycles. The number of aromatic nitrogens is 1. The quantitative estimate of drug-likeness (QED) is 0.851. The van der Waals surface area contributed by atoms with Crippen LogP contribution >= 0.6 is 0 Å². The van der Waals surface area contributed by atoms with Gasteiger partial charge in [-0.05, 0) is 18.6 Å². The van der Waals surface area contributed by atoms with E-state index in [1.54, 1.807) is 0 Å². The molecule has 1 aliphatic rings. The maximum Gasteiger partial charge on any atom is 0.220 e. The summed E-state index contributed by atoms with van der Waals surface area (Å²) in [7, 11) is 0. The molecule has 1 amide bonds. The Morgan fingerprint density at radius 2 is 2.12 bits per heavy atom. The van der Waals surface area contributed by atoms with Crippen molar-refractivity contribution in [2.75, 3.05) is 0 Å². The van der Waals surface area contributed by atoms with E-state index in [1.807, 2.05) is 24.3 Å². The van der Waals surface area contributed by atoms with Gasteiger partial charge in [0.05, 0.1) is 5.52 Å². The van der Waals surface area contributed by atoms with Gasteiger partial charge in [0, 0.05) is 30.0 Å². The number of nitrogens with one attached hydrogen (secondary N) is 1. The van der Waals surface area contributed by atoms with Crippen LogP contribution in [0.3, 0.4) is 0 Å². The SMILES string of the molecule is O=C1CCC(Cc2ccc3ccccc3n2)N1. The average Bonchev–Trinajstić information content (AvgIpc) is 2.75. The number of hydrogen-bond acceptors (Lipinski definition) is 2. The lowest BCUT2D eigenvalue weighted by atomic mass is 10.1. The molecule has 2 aromatic rings. The predicted molar refractivity (Wildman–Crippen MR) is 66.6 cm³/mol. The average molecular weight is 226 g/mol. The predicted octanol–water partition coefficient (Wildman–Crippen LogP) is 2.06. The first-order chi connectivity index (χ1) is 8.31. The number of rotatable bonds is 2. The summed E-state index contributed by atoms with van der Waals surface area (Å²) < 4.78 is 0. The van der Waals surface area contributed by atoms with Gasteiger partial charge in [-0.15, -0.1) is 0 Å². The molecule has 1 aromatic heterocycles. The number of hydrogen-bond donors (Lipinski definition) is 1. The van der Waals surface area contributed by atoms with Gasteiger partial charge in [0.1, 0.15) is 0 Å². The molecular formula is C14H14N2O. The van der Waals surface area contributed by atoms with Crippen LogP contribution in [0.2, 0.25) is 0 Å². The summed E-state index contributed by atoms with van der Waals surface area (Å²) in [6, 6.07) is 12.5. The fourth-order valence-corrected chi connectivity index (χ4v) is 2.30. The Morgan fingerprint density at radius 3 is 2.94 bits per heavy atom. The molecule has 0 saturated carbocycles. The summed E-state index contributed by atoms with van der Waals surface area (Å²) >= 11 is 0. The van der Waals surface area contributed by atoms with Crippen molar-refractivity contribution in [3.05, 3.63) is 42.1 Å². The van der Waals surface area contributed by atoms with Crippen molar-refractivity contribution in [1.82, 2.24) is 10.3 Å². The number of carbonyl (C=O) groups excluding carboxylic acids is 1. The Labute approximate surface area is 99.9 Å². The van der Waals surface area contributed by atoms with Crippen LogP contribution in [0, 0.1) is 0 Å². The first kappa shape index (κ1) is 10.3. The fourth-order valence-electron chi connectivity index (χ4n) is 2.30. The number of nitrogens with zero attached hydrogens (tertiary/aromatic N) is 1. The zero-order valence-corrected chi connectivity index (χ0v) is 9.52. The van der Waals surface area contributed by atoms with Crippen molar-refractivity contribution in [3.8, 4) is 0 Å². The Balaban J connectivity index is 1.83. The Kier molecular flexibility index (Phi) is 2.52. The van der Waals surface area contributed by atoms with Crippen molar-refractivity contribution in [1.29, 1.82) is 0 Å². The Morgan fingerprint density at radius 1 is 1.24 bits per heavy atom. The number of para-hydroxylation sites is 1. The van der Waals surface area contributed by atoms with Crippen molar-refractivity contribution >= 4 is 16.8 Å². The molecule has 1 fully saturated rings. The maximum absolute atomic E-state index is 11.1. The van der Waals surface area contributed by atoms with Crippen LogP contribution in [-0.4, -0.2) is 16.9 Å². The van der Waals surface area contributed by atoms with E-state index in [0.29, 0.717) is 6.42 Å². The molecule has 2 heterocycles. The maximum atomic E-state index is 11.1. The summed E-state index contributed by atoms with van der Waals surface area (Å²) in [6.45, 7) is 0. The summed E-state index contributed by atoms with van der Waals surface area (Å²) in [5.74, 6) is 0.163. The second-order valence-electron chi connectivity index (χ2n) is 4.50. The van der Waals surface area contributed by atoms with E-state index in [1.165, 1.54) is 0 Å².